The molecule has 5 heteroatoms. The molecule has 0 aliphatic carbocycles. The van der Waals surface area contributed by atoms with Crippen LogP contribution in [-0.2, 0) is 11.3 Å². The molecule has 2 aliphatic heterocycles. The summed E-state index contributed by atoms with van der Waals surface area (Å²) < 4.78 is 0. The van der Waals surface area contributed by atoms with Crippen molar-refractivity contribution in [1.29, 1.82) is 0 Å². The number of carbonyl (C=O) groups excluding carboxylic acids is 1. The first-order chi connectivity index (χ1) is 11.0. The number of hydrogen-bond donors (Lipinski definition) is 1. The van der Waals surface area contributed by atoms with Crippen molar-refractivity contribution in [1.82, 2.24) is 15.2 Å². The standard InChI is InChI=1S/C18H28N4O/c1-18-10-12-22(15(18)8-4-5-9-16(23)20-18)13-14-7-6-11-19-17(14)21(2)3/h6-7,11,15H,4-5,8-10,12-13H2,1-3H3,(H,20,23)/t15-,18-/m1/s1. The zero-order valence-electron chi connectivity index (χ0n) is 14.5. The summed E-state index contributed by atoms with van der Waals surface area (Å²) in [6.45, 7) is 4.15. The lowest BCUT2D eigenvalue weighted by Crippen LogP contribution is -2.55. The quantitative estimate of drug-likeness (QED) is 0.928. The summed E-state index contributed by atoms with van der Waals surface area (Å²) >= 11 is 0. The molecule has 2 aliphatic rings. The summed E-state index contributed by atoms with van der Waals surface area (Å²) in [5.41, 5.74) is 1.17. The lowest BCUT2D eigenvalue weighted by Gasteiger charge is -2.38. The van der Waals surface area contributed by atoms with Crippen LogP contribution < -0.4 is 10.2 Å². The fourth-order valence-electron chi connectivity index (χ4n) is 4.12. The molecule has 2 fully saturated rings. The molecule has 126 valence electrons. The molecule has 1 aromatic heterocycles. The zero-order chi connectivity index (χ0) is 16.4. The van der Waals surface area contributed by atoms with E-state index in [4.69, 9.17) is 0 Å². The van der Waals surface area contributed by atoms with Crippen molar-refractivity contribution in [2.45, 2.75) is 57.2 Å². The van der Waals surface area contributed by atoms with Crippen molar-refractivity contribution in [2.24, 2.45) is 0 Å². The van der Waals surface area contributed by atoms with Crippen LogP contribution in [0, 0.1) is 0 Å². The van der Waals surface area contributed by atoms with Crippen molar-refractivity contribution in [2.75, 3.05) is 25.5 Å². The molecule has 5 nitrogen and oxygen atoms in total. The molecule has 3 heterocycles. The SMILES string of the molecule is CN(C)c1ncccc1CN1CC[C@@]2(C)NC(=O)CCCC[C@@H]12. The molecule has 1 aromatic rings. The van der Waals surface area contributed by atoms with E-state index in [0.717, 1.165) is 44.6 Å². The number of nitrogens with zero attached hydrogens (tertiary/aromatic N) is 3. The third-order valence-electron chi connectivity index (χ3n) is 5.32. The Morgan fingerprint density at radius 1 is 1.43 bits per heavy atom. The molecular weight excluding hydrogens is 288 g/mol. The van der Waals surface area contributed by atoms with Crippen LogP contribution in [0.3, 0.4) is 0 Å². The molecule has 0 saturated carbocycles. The third kappa shape index (κ3) is 3.34. The first-order valence-electron chi connectivity index (χ1n) is 8.66. The summed E-state index contributed by atoms with van der Waals surface area (Å²) in [6, 6.07) is 4.60. The molecule has 0 spiro atoms. The van der Waals surface area contributed by atoms with Gasteiger partial charge in [-0.3, -0.25) is 9.69 Å². The van der Waals surface area contributed by atoms with Gasteiger partial charge in [0, 0.05) is 51.4 Å². The topological polar surface area (TPSA) is 48.5 Å². The van der Waals surface area contributed by atoms with Crippen LogP contribution in [-0.4, -0.2) is 48.0 Å². The number of fused-ring (bicyclic) bond motifs is 1. The highest BCUT2D eigenvalue weighted by Crippen LogP contribution is 2.35. The van der Waals surface area contributed by atoms with Crippen molar-refractivity contribution in [3.05, 3.63) is 23.9 Å². The van der Waals surface area contributed by atoms with Gasteiger partial charge in [-0.25, -0.2) is 4.98 Å². The Morgan fingerprint density at radius 3 is 3.04 bits per heavy atom. The van der Waals surface area contributed by atoms with Crippen molar-refractivity contribution in [3.8, 4) is 0 Å². The van der Waals surface area contributed by atoms with Gasteiger partial charge in [0.15, 0.2) is 0 Å². The molecular formula is C18H28N4O. The number of amides is 1. The predicted octanol–water partition coefficient (Wildman–Crippen LogP) is 2.17. The van der Waals surface area contributed by atoms with E-state index in [-0.39, 0.29) is 11.4 Å². The first-order valence-corrected chi connectivity index (χ1v) is 8.66. The van der Waals surface area contributed by atoms with E-state index in [1.807, 2.05) is 26.4 Å². The van der Waals surface area contributed by atoms with Gasteiger partial charge in [-0.1, -0.05) is 12.5 Å². The van der Waals surface area contributed by atoms with Gasteiger partial charge in [0.1, 0.15) is 5.82 Å². The molecule has 0 bridgehead atoms. The fraction of sp³-hybridized carbons (Fsp3) is 0.667. The number of carbonyl (C=O) groups is 1. The maximum absolute atomic E-state index is 12.0. The van der Waals surface area contributed by atoms with Crippen LogP contribution in [0.4, 0.5) is 5.82 Å². The molecule has 3 rings (SSSR count). The fourth-order valence-corrected chi connectivity index (χ4v) is 4.12. The monoisotopic (exact) mass is 316 g/mol. The number of anilines is 1. The van der Waals surface area contributed by atoms with Gasteiger partial charge in [-0.2, -0.15) is 0 Å². The van der Waals surface area contributed by atoms with Crippen molar-refractivity contribution < 1.29 is 4.79 Å². The third-order valence-corrected chi connectivity index (χ3v) is 5.32. The second kappa shape index (κ2) is 6.48. The molecule has 23 heavy (non-hydrogen) atoms. The average Bonchev–Trinajstić information content (AvgIpc) is 2.78. The van der Waals surface area contributed by atoms with Gasteiger partial charge < -0.3 is 10.2 Å². The Balaban J connectivity index is 1.80. The highest BCUT2D eigenvalue weighted by Gasteiger charge is 2.45. The van der Waals surface area contributed by atoms with E-state index in [0.29, 0.717) is 12.5 Å². The Labute approximate surface area is 139 Å². The smallest absolute Gasteiger partial charge is 0.220 e. The van der Waals surface area contributed by atoms with Gasteiger partial charge in [-0.05, 0) is 32.3 Å². The minimum absolute atomic E-state index is 0.0853. The lowest BCUT2D eigenvalue weighted by atomic mass is 9.86. The number of pyridine rings is 1. The largest absolute Gasteiger partial charge is 0.362 e. The van der Waals surface area contributed by atoms with E-state index >= 15 is 0 Å². The molecule has 0 aromatic carbocycles. The Bertz CT molecular complexity index is 574. The molecule has 1 N–H and O–H groups in total. The van der Waals surface area contributed by atoms with Crippen LogP contribution in [0.15, 0.2) is 18.3 Å². The average molecular weight is 316 g/mol. The minimum atomic E-state index is -0.0853. The number of nitrogens with one attached hydrogen (secondary N) is 1. The van der Waals surface area contributed by atoms with Gasteiger partial charge in [0.05, 0.1) is 5.54 Å². The summed E-state index contributed by atoms with van der Waals surface area (Å²) in [7, 11) is 4.08. The van der Waals surface area contributed by atoms with Gasteiger partial charge in [-0.15, -0.1) is 0 Å². The summed E-state index contributed by atoms with van der Waals surface area (Å²) in [5, 5.41) is 3.30. The highest BCUT2D eigenvalue weighted by atomic mass is 16.1. The van der Waals surface area contributed by atoms with Gasteiger partial charge in [0.2, 0.25) is 5.91 Å². The molecule has 2 atom stereocenters. The molecule has 2 saturated heterocycles. The number of rotatable bonds is 3. The second-order valence-electron chi connectivity index (χ2n) is 7.33. The van der Waals surface area contributed by atoms with Crippen molar-refractivity contribution >= 4 is 11.7 Å². The molecule has 1 amide bonds. The van der Waals surface area contributed by atoms with E-state index in [2.05, 4.69) is 33.1 Å². The van der Waals surface area contributed by atoms with E-state index in [1.165, 1.54) is 5.56 Å². The maximum atomic E-state index is 12.0. The number of aromatic nitrogens is 1. The Hall–Kier alpha value is -1.62. The van der Waals surface area contributed by atoms with Crippen LogP contribution in [0.2, 0.25) is 0 Å². The molecule has 0 radical (unpaired) electrons. The Kier molecular flexibility index (Phi) is 4.57. The summed E-state index contributed by atoms with van der Waals surface area (Å²) in [5.74, 6) is 1.25. The normalized spacial score (nSPS) is 28.7. The van der Waals surface area contributed by atoms with Crippen LogP contribution >= 0.6 is 0 Å². The summed E-state index contributed by atoms with van der Waals surface area (Å²) in [6.07, 6.45) is 6.85. The van der Waals surface area contributed by atoms with Gasteiger partial charge >= 0.3 is 0 Å². The lowest BCUT2D eigenvalue weighted by molar-refractivity contribution is -0.123. The van der Waals surface area contributed by atoms with Gasteiger partial charge in [0.25, 0.3) is 0 Å². The minimum Gasteiger partial charge on any atom is -0.362 e. The maximum Gasteiger partial charge on any atom is 0.220 e. The predicted molar refractivity (Wildman–Crippen MR) is 92.4 cm³/mol. The van der Waals surface area contributed by atoms with Crippen LogP contribution in [0.25, 0.3) is 0 Å². The molecule has 0 unspecified atom stereocenters. The van der Waals surface area contributed by atoms with Crippen LogP contribution in [0.1, 0.15) is 44.6 Å². The highest BCUT2D eigenvalue weighted by molar-refractivity contribution is 5.77. The number of likely N-dealkylation sites (tertiary alicyclic amines) is 1. The first kappa shape index (κ1) is 16.2. The second-order valence-corrected chi connectivity index (χ2v) is 7.33. The Morgan fingerprint density at radius 2 is 2.26 bits per heavy atom. The van der Waals surface area contributed by atoms with E-state index < -0.39 is 0 Å². The van der Waals surface area contributed by atoms with E-state index in [1.54, 1.807) is 0 Å². The zero-order valence-corrected chi connectivity index (χ0v) is 14.5. The summed E-state index contributed by atoms with van der Waals surface area (Å²) in [4.78, 5) is 21.2. The van der Waals surface area contributed by atoms with Crippen molar-refractivity contribution in [3.63, 3.8) is 0 Å². The number of hydrogen-bond acceptors (Lipinski definition) is 4. The van der Waals surface area contributed by atoms with Crippen LogP contribution in [0.5, 0.6) is 0 Å². The van der Waals surface area contributed by atoms with E-state index in [9.17, 15) is 4.79 Å².